The molecular weight excluding hydrogens is 963 g/mol. The second-order valence-corrected chi connectivity index (χ2v) is 24.4. The average Bonchev–Trinajstić information content (AvgIpc) is 3.47. The summed E-state index contributed by atoms with van der Waals surface area (Å²) in [5.41, 5.74) is 26.3. The van der Waals surface area contributed by atoms with Gasteiger partial charge in [0.15, 0.2) is 0 Å². The van der Waals surface area contributed by atoms with Crippen LogP contribution >= 0.6 is 0 Å². The first kappa shape index (κ1) is 56.8. The van der Waals surface area contributed by atoms with Crippen LogP contribution in [0.2, 0.25) is 0 Å². The molecule has 0 saturated carbocycles. The van der Waals surface area contributed by atoms with Gasteiger partial charge in [0, 0.05) is 27.9 Å². The molecule has 414 valence electrons. The number of benzene rings is 8. The lowest BCUT2D eigenvalue weighted by Gasteiger charge is -2.34. The van der Waals surface area contributed by atoms with Gasteiger partial charge in [-0.2, -0.15) is 0 Å². The number of anilines is 3. The van der Waals surface area contributed by atoms with Gasteiger partial charge in [0.2, 0.25) is 0 Å². The predicted molar refractivity (Wildman–Crippen MR) is 348 cm³/mol. The summed E-state index contributed by atoms with van der Waals surface area (Å²) >= 11 is 0. The topological polar surface area (TPSA) is 3.24 Å². The van der Waals surface area contributed by atoms with Crippen LogP contribution in [0, 0.1) is 6.92 Å². The Morgan fingerprint density at radius 3 is 1.04 bits per heavy atom. The van der Waals surface area contributed by atoms with Crippen molar-refractivity contribution in [2.75, 3.05) is 4.90 Å². The van der Waals surface area contributed by atoms with E-state index < -0.39 is 0 Å². The van der Waals surface area contributed by atoms with Crippen molar-refractivity contribution < 1.29 is 0 Å². The number of hydrogen-bond donors (Lipinski definition) is 0. The number of aryl methyl sites for hydroxylation is 1. The fraction of sp³-hybridized carbons (Fsp3) is 0.392. The second-order valence-electron chi connectivity index (χ2n) is 24.4. The Hall–Kier alpha value is -6.44. The van der Waals surface area contributed by atoms with E-state index in [-0.39, 0.29) is 10.8 Å². The highest BCUT2D eigenvalue weighted by molar-refractivity contribution is 5.89. The van der Waals surface area contributed by atoms with Gasteiger partial charge in [0.05, 0.1) is 0 Å². The van der Waals surface area contributed by atoms with Crippen molar-refractivity contribution in [3.05, 3.63) is 209 Å². The number of rotatable bonds is 28. The maximum absolute atomic E-state index is 2.69. The molecule has 2 aliphatic carbocycles. The molecule has 0 radical (unpaired) electrons. The highest BCUT2D eigenvalue weighted by Gasteiger charge is 2.44. The zero-order valence-electron chi connectivity index (χ0n) is 50.1. The minimum atomic E-state index is -0.0466. The van der Waals surface area contributed by atoms with Crippen LogP contribution in [0.3, 0.4) is 0 Å². The van der Waals surface area contributed by atoms with E-state index in [0.29, 0.717) is 5.92 Å². The summed E-state index contributed by atoms with van der Waals surface area (Å²) in [5, 5.41) is 0. The van der Waals surface area contributed by atoms with Crippen molar-refractivity contribution in [2.24, 2.45) is 0 Å². The third-order valence-corrected chi connectivity index (χ3v) is 19.1. The molecular formula is C79H93N. The van der Waals surface area contributed by atoms with Gasteiger partial charge in [-0.15, -0.1) is 0 Å². The Kier molecular flexibility index (Phi) is 18.8. The molecule has 80 heavy (non-hydrogen) atoms. The summed E-state index contributed by atoms with van der Waals surface area (Å²) in [4.78, 5) is 2.43. The van der Waals surface area contributed by atoms with Crippen LogP contribution in [0.4, 0.5) is 17.1 Å². The molecule has 0 amide bonds. The van der Waals surface area contributed by atoms with Gasteiger partial charge in [-0.3, -0.25) is 0 Å². The van der Waals surface area contributed by atoms with E-state index in [2.05, 4.69) is 229 Å². The van der Waals surface area contributed by atoms with Crippen LogP contribution in [-0.2, 0) is 10.8 Å². The molecule has 0 aliphatic heterocycles. The van der Waals surface area contributed by atoms with Crippen molar-refractivity contribution in [1.82, 2.24) is 0 Å². The molecule has 8 aromatic rings. The minimum Gasteiger partial charge on any atom is -0.311 e. The summed E-state index contributed by atoms with van der Waals surface area (Å²) in [5.74, 6) is 0.527. The molecule has 0 N–H and O–H groups in total. The zero-order valence-corrected chi connectivity index (χ0v) is 50.1. The quantitative estimate of drug-likeness (QED) is 0.0442. The minimum absolute atomic E-state index is 0.0466. The highest BCUT2D eigenvalue weighted by Crippen LogP contribution is 2.58. The van der Waals surface area contributed by atoms with E-state index in [0.717, 1.165) is 17.8 Å². The molecule has 0 bridgehead atoms. The van der Waals surface area contributed by atoms with Crippen molar-refractivity contribution in [3.63, 3.8) is 0 Å². The molecule has 0 spiro atoms. The normalized spacial score (nSPS) is 13.9. The molecule has 0 saturated heterocycles. The van der Waals surface area contributed by atoms with Gasteiger partial charge in [-0.05, 0) is 183 Å². The summed E-state index contributed by atoms with van der Waals surface area (Å²) in [6.07, 6.45) is 26.5. The number of fused-ring (bicyclic) bond motifs is 6. The number of unbranched alkanes of at least 4 members (excludes halogenated alkanes) is 12. The SMILES string of the molecule is CCCCCCC1(CCCCCC)c2cc(C)ccc2-c2ccc(-c3ccc4c(c3)C(CCCCCC)(CCCCCC)c3cc(-c5ccc(N(c6ccc(-c7ccccc7)cc6)c6ccc(C(C)CC)cc6)cc5)ccc3-4)cc21. The molecule has 0 aromatic heterocycles. The Bertz CT molecular complexity index is 3240. The first-order valence-corrected chi connectivity index (χ1v) is 32.0. The summed E-state index contributed by atoms with van der Waals surface area (Å²) < 4.78 is 0. The van der Waals surface area contributed by atoms with Crippen molar-refractivity contribution in [1.29, 1.82) is 0 Å². The van der Waals surface area contributed by atoms with Crippen LogP contribution in [0.5, 0.6) is 0 Å². The van der Waals surface area contributed by atoms with Gasteiger partial charge in [0.1, 0.15) is 0 Å². The summed E-state index contributed by atoms with van der Waals surface area (Å²) in [6.45, 7) is 16.3. The van der Waals surface area contributed by atoms with Crippen LogP contribution in [0.25, 0.3) is 55.6 Å². The van der Waals surface area contributed by atoms with Crippen molar-refractivity contribution in [3.8, 4) is 55.6 Å². The van der Waals surface area contributed by atoms with E-state index in [1.54, 1.807) is 22.3 Å². The molecule has 0 heterocycles. The van der Waals surface area contributed by atoms with Crippen LogP contribution < -0.4 is 4.90 Å². The lowest BCUT2D eigenvalue weighted by Crippen LogP contribution is -2.26. The molecule has 0 fully saturated rings. The first-order chi connectivity index (χ1) is 39.2. The van der Waals surface area contributed by atoms with E-state index in [4.69, 9.17) is 0 Å². The molecule has 1 nitrogen and oxygen atoms in total. The molecule has 8 aromatic carbocycles. The Balaban J connectivity index is 1.04. The van der Waals surface area contributed by atoms with E-state index >= 15 is 0 Å². The third-order valence-electron chi connectivity index (χ3n) is 19.1. The largest absolute Gasteiger partial charge is 0.311 e. The van der Waals surface area contributed by atoms with Crippen LogP contribution in [0.15, 0.2) is 176 Å². The van der Waals surface area contributed by atoms with Gasteiger partial charge in [0.25, 0.3) is 0 Å². The van der Waals surface area contributed by atoms with E-state index in [1.165, 1.54) is 201 Å². The molecule has 2 aliphatic rings. The third kappa shape index (κ3) is 11.8. The van der Waals surface area contributed by atoms with Crippen LogP contribution in [-0.4, -0.2) is 0 Å². The lowest BCUT2D eigenvalue weighted by atomic mass is 9.69. The fourth-order valence-electron chi connectivity index (χ4n) is 14.3. The Morgan fingerprint density at radius 2 is 0.650 bits per heavy atom. The molecule has 1 heteroatoms. The first-order valence-electron chi connectivity index (χ1n) is 32.0. The fourth-order valence-corrected chi connectivity index (χ4v) is 14.3. The lowest BCUT2D eigenvalue weighted by molar-refractivity contribution is 0.400. The standard InChI is InChI=1S/C79H93N/c1-8-13-17-24-50-78(51-25-18-14-9-2)74-54-58(6)30-46-70(74)71-48-38-65(56-76(71)78)66-39-49-73-72-47-37-64(55-75(72)79(77(73)57-66,52-26-19-15-10-3)53-27-20-16-11-4)63-35-44-69(45-36-63)80(67-40-31-60(32-41-67)59(7)12-5)68-42-33-62(34-43-68)61-28-22-21-23-29-61/h21-23,28-49,54-57,59H,8-20,24-27,50-53H2,1-7H3. The zero-order chi connectivity index (χ0) is 55.5. The van der Waals surface area contributed by atoms with Gasteiger partial charge < -0.3 is 4.90 Å². The average molecular weight is 1060 g/mol. The monoisotopic (exact) mass is 1060 g/mol. The molecule has 1 unspecified atom stereocenters. The number of nitrogens with zero attached hydrogens (tertiary/aromatic N) is 1. The molecule has 10 rings (SSSR count). The van der Waals surface area contributed by atoms with E-state index in [9.17, 15) is 0 Å². The maximum atomic E-state index is 2.69. The van der Waals surface area contributed by atoms with Gasteiger partial charge in [-0.25, -0.2) is 0 Å². The summed E-state index contributed by atoms with van der Waals surface area (Å²) in [7, 11) is 0. The molecule has 1 atom stereocenters. The van der Waals surface area contributed by atoms with Crippen molar-refractivity contribution >= 4 is 17.1 Å². The van der Waals surface area contributed by atoms with Gasteiger partial charge >= 0.3 is 0 Å². The van der Waals surface area contributed by atoms with Gasteiger partial charge in [-0.1, -0.05) is 271 Å². The summed E-state index contributed by atoms with van der Waals surface area (Å²) in [6, 6.07) is 68.9. The maximum Gasteiger partial charge on any atom is 0.0462 e. The Morgan fingerprint density at radius 1 is 0.325 bits per heavy atom. The van der Waals surface area contributed by atoms with E-state index in [1.807, 2.05) is 0 Å². The van der Waals surface area contributed by atoms with Crippen molar-refractivity contribution in [2.45, 2.75) is 200 Å². The smallest absolute Gasteiger partial charge is 0.0462 e. The van der Waals surface area contributed by atoms with Crippen LogP contribution in [0.1, 0.15) is 216 Å². The Labute approximate surface area is 484 Å². The highest BCUT2D eigenvalue weighted by atomic mass is 15.1. The number of hydrogen-bond acceptors (Lipinski definition) is 1. The predicted octanol–water partition coefficient (Wildman–Crippen LogP) is 24.4. The second kappa shape index (κ2) is 26.4.